The highest BCUT2D eigenvalue weighted by molar-refractivity contribution is 6.03. The lowest BCUT2D eigenvalue weighted by molar-refractivity contribution is 0.0952. The standard InChI is InChI=1S/C25H28N2O5/c1-4-30-21-11-9-18(15-23(21)31-5-2)12-13-26-24(28)19-10-8-17(3)20(16-19)27-25(29)22-7-6-14-32-22/h6-11,14-16H,4-5,12-13H2,1-3H3,(H,26,28)(H,27,29). The molecule has 3 rings (SSSR count). The summed E-state index contributed by atoms with van der Waals surface area (Å²) in [6.07, 6.45) is 2.08. The molecule has 168 valence electrons. The van der Waals surface area contributed by atoms with Gasteiger partial charge in [-0.2, -0.15) is 0 Å². The van der Waals surface area contributed by atoms with Gasteiger partial charge in [-0.1, -0.05) is 12.1 Å². The lowest BCUT2D eigenvalue weighted by atomic mass is 10.1. The molecule has 1 aromatic heterocycles. The number of ether oxygens (including phenoxy) is 2. The Labute approximate surface area is 187 Å². The van der Waals surface area contributed by atoms with Crippen molar-refractivity contribution in [3.8, 4) is 11.5 Å². The van der Waals surface area contributed by atoms with Gasteiger partial charge in [-0.25, -0.2) is 0 Å². The summed E-state index contributed by atoms with van der Waals surface area (Å²) in [5.74, 6) is 1.05. The average Bonchev–Trinajstić information content (AvgIpc) is 3.32. The van der Waals surface area contributed by atoms with Crippen molar-refractivity contribution in [1.29, 1.82) is 0 Å². The minimum Gasteiger partial charge on any atom is -0.490 e. The summed E-state index contributed by atoms with van der Waals surface area (Å²) in [4.78, 5) is 24.9. The monoisotopic (exact) mass is 436 g/mol. The maximum Gasteiger partial charge on any atom is 0.291 e. The molecule has 1 heterocycles. The van der Waals surface area contributed by atoms with Crippen LogP contribution in [0.4, 0.5) is 5.69 Å². The molecule has 0 aliphatic heterocycles. The van der Waals surface area contributed by atoms with Crippen LogP contribution in [-0.4, -0.2) is 31.6 Å². The van der Waals surface area contributed by atoms with Crippen LogP contribution >= 0.6 is 0 Å². The van der Waals surface area contributed by atoms with Gasteiger partial charge in [0.15, 0.2) is 17.3 Å². The van der Waals surface area contributed by atoms with Crippen LogP contribution in [0, 0.1) is 6.92 Å². The number of carbonyl (C=O) groups is 2. The molecule has 3 aromatic rings. The highest BCUT2D eigenvalue weighted by Gasteiger charge is 2.13. The third-order valence-electron chi connectivity index (χ3n) is 4.80. The quantitative estimate of drug-likeness (QED) is 0.484. The van der Waals surface area contributed by atoms with Gasteiger partial charge in [0, 0.05) is 17.8 Å². The third kappa shape index (κ3) is 5.91. The number of hydrogen-bond donors (Lipinski definition) is 2. The summed E-state index contributed by atoms with van der Waals surface area (Å²) in [5, 5.41) is 5.71. The highest BCUT2D eigenvalue weighted by Crippen LogP contribution is 2.28. The van der Waals surface area contributed by atoms with Gasteiger partial charge in [0.1, 0.15) is 0 Å². The summed E-state index contributed by atoms with van der Waals surface area (Å²) in [5.41, 5.74) is 2.91. The number of hydrogen-bond acceptors (Lipinski definition) is 5. The predicted molar refractivity (Wildman–Crippen MR) is 123 cm³/mol. The Hall–Kier alpha value is -3.74. The van der Waals surface area contributed by atoms with E-state index in [1.54, 1.807) is 30.3 Å². The average molecular weight is 437 g/mol. The molecule has 0 bridgehead atoms. The van der Waals surface area contributed by atoms with Crippen molar-refractivity contribution in [1.82, 2.24) is 5.32 Å². The summed E-state index contributed by atoms with van der Waals surface area (Å²) in [6.45, 7) is 7.29. The van der Waals surface area contributed by atoms with E-state index in [0.717, 1.165) is 11.1 Å². The summed E-state index contributed by atoms with van der Waals surface area (Å²) in [7, 11) is 0. The largest absolute Gasteiger partial charge is 0.490 e. The van der Waals surface area contributed by atoms with Crippen molar-refractivity contribution < 1.29 is 23.5 Å². The normalized spacial score (nSPS) is 10.5. The zero-order valence-corrected chi connectivity index (χ0v) is 18.6. The molecular formula is C25H28N2O5. The Balaban J connectivity index is 1.60. The summed E-state index contributed by atoms with van der Waals surface area (Å²) >= 11 is 0. The summed E-state index contributed by atoms with van der Waals surface area (Å²) in [6, 6.07) is 14.2. The Bertz CT molecular complexity index is 1060. The molecule has 0 unspecified atom stereocenters. The molecule has 2 aromatic carbocycles. The van der Waals surface area contributed by atoms with Crippen LogP contribution in [-0.2, 0) is 6.42 Å². The van der Waals surface area contributed by atoms with Gasteiger partial charge < -0.3 is 24.5 Å². The minimum absolute atomic E-state index is 0.209. The van der Waals surface area contributed by atoms with Crippen LogP contribution in [0.2, 0.25) is 0 Å². The van der Waals surface area contributed by atoms with E-state index < -0.39 is 0 Å². The molecule has 0 fully saturated rings. The number of amides is 2. The van der Waals surface area contributed by atoms with Crippen LogP contribution in [0.3, 0.4) is 0 Å². The second-order valence-corrected chi connectivity index (χ2v) is 7.11. The number of benzene rings is 2. The predicted octanol–water partition coefficient (Wildman–Crippen LogP) is 4.61. The highest BCUT2D eigenvalue weighted by atomic mass is 16.5. The fourth-order valence-electron chi connectivity index (χ4n) is 3.16. The molecule has 0 aliphatic carbocycles. The Morgan fingerprint density at radius 2 is 1.72 bits per heavy atom. The van der Waals surface area contributed by atoms with Gasteiger partial charge >= 0.3 is 0 Å². The van der Waals surface area contributed by atoms with Crippen LogP contribution in [0.5, 0.6) is 11.5 Å². The third-order valence-corrected chi connectivity index (χ3v) is 4.80. The number of anilines is 1. The smallest absolute Gasteiger partial charge is 0.291 e. The zero-order valence-electron chi connectivity index (χ0n) is 18.6. The molecule has 0 saturated heterocycles. The van der Waals surface area contributed by atoms with E-state index >= 15 is 0 Å². The van der Waals surface area contributed by atoms with Crippen LogP contribution < -0.4 is 20.1 Å². The zero-order chi connectivity index (χ0) is 22.9. The first kappa shape index (κ1) is 22.9. The van der Waals surface area contributed by atoms with Crippen LogP contribution in [0.15, 0.2) is 59.2 Å². The van der Waals surface area contributed by atoms with Crippen molar-refractivity contribution in [2.24, 2.45) is 0 Å². The molecule has 0 spiro atoms. The molecule has 7 nitrogen and oxygen atoms in total. The summed E-state index contributed by atoms with van der Waals surface area (Å²) < 4.78 is 16.4. The number of rotatable bonds is 10. The van der Waals surface area contributed by atoms with Crippen molar-refractivity contribution in [3.63, 3.8) is 0 Å². The topological polar surface area (TPSA) is 89.8 Å². The fourth-order valence-corrected chi connectivity index (χ4v) is 3.16. The maximum absolute atomic E-state index is 12.6. The van der Waals surface area contributed by atoms with Crippen molar-refractivity contribution >= 4 is 17.5 Å². The maximum atomic E-state index is 12.6. The van der Waals surface area contributed by atoms with Gasteiger partial charge in [0.2, 0.25) is 0 Å². The van der Waals surface area contributed by atoms with E-state index in [-0.39, 0.29) is 17.6 Å². The van der Waals surface area contributed by atoms with Crippen molar-refractivity contribution in [3.05, 3.63) is 77.2 Å². The second-order valence-electron chi connectivity index (χ2n) is 7.11. The van der Waals surface area contributed by atoms with Gasteiger partial charge in [-0.15, -0.1) is 0 Å². The van der Waals surface area contributed by atoms with Crippen molar-refractivity contribution in [2.45, 2.75) is 27.2 Å². The molecule has 32 heavy (non-hydrogen) atoms. The van der Waals surface area contributed by atoms with Crippen LogP contribution in [0.25, 0.3) is 0 Å². The number of carbonyl (C=O) groups excluding carboxylic acids is 2. The Morgan fingerprint density at radius 1 is 0.938 bits per heavy atom. The first-order valence-electron chi connectivity index (χ1n) is 10.6. The van der Waals surface area contributed by atoms with E-state index in [0.29, 0.717) is 48.9 Å². The number of furan rings is 1. The van der Waals surface area contributed by atoms with Crippen molar-refractivity contribution in [2.75, 3.05) is 25.1 Å². The minimum atomic E-state index is -0.365. The number of nitrogens with one attached hydrogen (secondary N) is 2. The van der Waals surface area contributed by atoms with Gasteiger partial charge in [0.05, 0.1) is 19.5 Å². The SMILES string of the molecule is CCOc1ccc(CCNC(=O)c2ccc(C)c(NC(=O)c3ccco3)c2)cc1OCC. The van der Waals surface area contributed by atoms with Crippen LogP contribution in [0.1, 0.15) is 45.9 Å². The van der Waals surface area contributed by atoms with E-state index in [2.05, 4.69) is 10.6 Å². The first-order chi connectivity index (χ1) is 15.5. The molecule has 0 atom stereocenters. The number of aryl methyl sites for hydroxylation is 1. The fraction of sp³-hybridized carbons (Fsp3) is 0.280. The lowest BCUT2D eigenvalue weighted by Crippen LogP contribution is -2.26. The second kappa shape index (κ2) is 11.0. The molecule has 0 saturated carbocycles. The Kier molecular flexibility index (Phi) is 7.91. The van der Waals surface area contributed by atoms with Gasteiger partial charge in [-0.3, -0.25) is 9.59 Å². The molecule has 0 radical (unpaired) electrons. The molecular weight excluding hydrogens is 408 g/mol. The molecule has 0 aliphatic rings. The Morgan fingerprint density at radius 3 is 2.44 bits per heavy atom. The molecule has 2 N–H and O–H groups in total. The molecule has 7 heteroatoms. The van der Waals surface area contributed by atoms with E-state index in [1.165, 1.54) is 6.26 Å². The van der Waals surface area contributed by atoms with E-state index in [4.69, 9.17) is 13.9 Å². The van der Waals surface area contributed by atoms with Gasteiger partial charge in [-0.05, 0) is 74.7 Å². The van der Waals surface area contributed by atoms with E-state index in [9.17, 15) is 9.59 Å². The van der Waals surface area contributed by atoms with Gasteiger partial charge in [0.25, 0.3) is 11.8 Å². The first-order valence-corrected chi connectivity index (χ1v) is 10.6. The van der Waals surface area contributed by atoms with E-state index in [1.807, 2.05) is 39.0 Å². The molecule has 2 amide bonds. The lowest BCUT2D eigenvalue weighted by Gasteiger charge is -2.13.